The molecule has 0 saturated heterocycles. The molecule has 0 radical (unpaired) electrons. The molecule has 84 valence electrons. The Labute approximate surface area is 96.2 Å². The van der Waals surface area contributed by atoms with Gasteiger partial charge in [-0.2, -0.15) is 0 Å². The van der Waals surface area contributed by atoms with Gasteiger partial charge in [-0.05, 0) is 26.0 Å². The zero-order valence-electron chi connectivity index (χ0n) is 8.90. The van der Waals surface area contributed by atoms with Crippen LogP contribution in [0.2, 0.25) is 0 Å². The fourth-order valence-corrected chi connectivity index (χ4v) is 1.11. The van der Waals surface area contributed by atoms with Crippen LogP contribution in [0.5, 0.6) is 0 Å². The Morgan fingerprint density at radius 1 is 1.40 bits per heavy atom. The molecule has 15 heavy (non-hydrogen) atoms. The molecule has 0 spiro atoms. The molecule has 0 heterocycles. The second-order valence-corrected chi connectivity index (χ2v) is 2.98. The molecule has 1 aromatic carbocycles. The zero-order chi connectivity index (χ0) is 10.4. The third-order valence-electron chi connectivity index (χ3n) is 1.80. The molecular weight excluding hydrogens is 214 g/mol. The summed E-state index contributed by atoms with van der Waals surface area (Å²) in [6.45, 7) is 4.00. The first-order chi connectivity index (χ1) is 6.74. The van der Waals surface area contributed by atoms with Gasteiger partial charge in [0.1, 0.15) is 6.04 Å². The van der Waals surface area contributed by atoms with E-state index in [1.54, 1.807) is 13.8 Å². The number of hydrogen-bond donors (Lipinski definition) is 1. The molecule has 0 aromatic heterocycles. The van der Waals surface area contributed by atoms with E-state index >= 15 is 0 Å². The Balaban J connectivity index is 0.00000196. The van der Waals surface area contributed by atoms with E-state index in [4.69, 9.17) is 4.74 Å². The fourth-order valence-electron chi connectivity index (χ4n) is 1.11. The van der Waals surface area contributed by atoms with E-state index in [1.807, 2.05) is 30.3 Å². The monoisotopic (exact) mass is 229 g/mol. The fraction of sp³-hybridized carbons (Fsp3) is 0.364. The van der Waals surface area contributed by atoms with E-state index < -0.39 is 0 Å². The molecular formula is C11H16ClNO2. The Kier molecular flexibility index (Phi) is 6.54. The van der Waals surface area contributed by atoms with Crippen LogP contribution in [0, 0.1) is 0 Å². The molecule has 1 rings (SSSR count). The van der Waals surface area contributed by atoms with Crippen LogP contribution in [0.3, 0.4) is 0 Å². The molecule has 0 aliphatic carbocycles. The van der Waals surface area contributed by atoms with Gasteiger partial charge in [-0.3, -0.25) is 0 Å². The molecule has 0 amide bonds. The predicted octanol–water partition coefficient (Wildman–Crippen LogP) is 2.47. The van der Waals surface area contributed by atoms with Crippen LogP contribution in [0.1, 0.15) is 13.8 Å². The van der Waals surface area contributed by atoms with Crippen molar-refractivity contribution in [2.75, 3.05) is 11.9 Å². The third-order valence-corrected chi connectivity index (χ3v) is 1.80. The van der Waals surface area contributed by atoms with Crippen molar-refractivity contribution in [3.05, 3.63) is 30.3 Å². The number of carbonyl (C=O) groups is 1. The summed E-state index contributed by atoms with van der Waals surface area (Å²) >= 11 is 0. The minimum Gasteiger partial charge on any atom is -0.464 e. The Morgan fingerprint density at radius 3 is 2.53 bits per heavy atom. The summed E-state index contributed by atoms with van der Waals surface area (Å²) in [4.78, 5) is 11.3. The maximum atomic E-state index is 11.3. The standard InChI is InChI=1S/C11H15NO2.ClH/c1-3-14-11(13)9(2)12-10-7-5-4-6-8-10;/h4-9,12H,3H2,1-2H3;1H/t9-;/m1./s1. The first-order valence-electron chi connectivity index (χ1n) is 4.72. The smallest absolute Gasteiger partial charge is 0.328 e. The van der Waals surface area contributed by atoms with Crippen LogP contribution >= 0.6 is 12.4 Å². The number of benzene rings is 1. The topological polar surface area (TPSA) is 38.3 Å². The maximum absolute atomic E-state index is 11.3. The highest BCUT2D eigenvalue weighted by Gasteiger charge is 2.12. The molecule has 0 saturated carbocycles. The zero-order valence-corrected chi connectivity index (χ0v) is 9.71. The van der Waals surface area contributed by atoms with Crippen molar-refractivity contribution in [1.29, 1.82) is 0 Å². The van der Waals surface area contributed by atoms with Gasteiger partial charge in [-0.1, -0.05) is 18.2 Å². The summed E-state index contributed by atoms with van der Waals surface area (Å²) in [5, 5.41) is 3.05. The normalized spacial score (nSPS) is 11.1. The number of anilines is 1. The van der Waals surface area contributed by atoms with Gasteiger partial charge in [0.15, 0.2) is 0 Å². The second kappa shape index (κ2) is 7.12. The molecule has 0 aliphatic heterocycles. The summed E-state index contributed by atoms with van der Waals surface area (Å²) in [5.74, 6) is -0.226. The summed E-state index contributed by atoms with van der Waals surface area (Å²) in [7, 11) is 0. The Hall–Kier alpha value is -1.22. The van der Waals surface area contributed by atoms with E-state index in [2.05, 4.69) is 5.32 Å². The number of nitrogens with one attached hydrogen (secondary N) is 1. The van der Waals surface area contributed by atoms with Gasteiger partial charge in [-0.15, -0.1) is 12.4 Å². The molecule has 1 N–H and O–H groups in total. The first-order valence-corrected chi connectivity index (χ1v) is 4.72. The lowest BCUT2D eigenvalue weighted by molar-refractivity contribution is -0.143. The number of halogens is 1. The van der Waals surface area contributed by atoms with Gasteiger partial charge in [0.25, 0.3) is 0 Å². The van der Waals surface area contributed by atoms with Crippen LogP contribution < -0.4 is 5.32 Å². The van der Waals surface area contributed by atoms with E-state index in [0.717, 1.165) is 5.69 Å². The van der Waals surface area contributed by atoms with Gasteiger partial charge >= 0.3 is 5.97 Å². The summed E-state index contributed by atoms with van der Waals surface area (Å²) in [5.41, 5.74) is 0.924. The van der Waals surface area contributed by atoms with E-state index in [0.29, 0.717) is 6.61 Å². The SMILES string of the molecule is CCOC(=O)[C@@H](C)Nc1ccccc1.Cl. The largest absolute Gasteiger partial charge is 0.464 e. The molecule has 0 aliphatic rings. The van der Waals surface area contributed by atoms with Crippen LogP contribution in [-0.4, -0.2) is 18.6 Å². The molecule has 1 aromatic rings. The van der Waals surface area contributed by atoms with E-state index in [1.165, 1.54) is 0 Å². The van der Waals surface area contributed by atoms with Gasteiger partial charge in [-0.25, -0.2) is 4.79 Å². The first kappa shape index (κ1) is 13.8. The number of hydrogen-bond acceptors (Lipinski definition) is 3. The lowest BCUT2D eigenvalue weighted by atomic mass is 10.2. The molecule has 3 nitrogen and oxygen atoms in total. The van der Waals surface area contributed by atoms with Crippen molar-refractivity contribution in [2.45, 2.75) is 19.9 Å². The number of rotatable bonds is 4. The minimum absolute atomic E-state index is 0. The van der Waals surface area contributed by atoms with Gasteiger partial charge in [0.05, 0.1) is 6.61 Å². The lowest BCUT2D eigenvalue weighted by Gasteiger charge is -2.13. The molecule has 0 unspecified atom stereocenters. The van der Waals surface area contributed by atoms with Crippen LogP contribution in [0.4, 0.5) is 5.69 Å². The van der Waals surface area contributed by atoms with Gasteiger partial charge in [0, 0.05) is 5.69 Å². The quantitative estimate of drug-likeness (QED) is 0.807. The maximum Gasteiger partial charge on any atom is 0.328 e. The van der Waals surface area contributed by atoms with Crippen molar-refractivity contribution < 1.29 is 9.53 Å². The van der Waals surface area contributed by atoms with Crippen LogP contribution in [-0.2, 0) is 9.53 Å². The molecule has 1 atom stereocenters. The third kappa shape index (κ3) is 4.70. The second-order valence-electron chi connectivity index (χ2n) is 2.98. The van der Waals surface area contributed by atoms with Crippen molar-refractivity contribution in [3.8, 4) is 0 Å². The van der Waals surface area contributed by atoms with E-state index in [9.17, 15) is 4.79 Å². The Bertz CT molecular complexity index is 290. The van der Waals surface area contributed by atoms with Crippen molar-refractivity contribution in [3.63, 3.8) is 0 Å². The highest BCUT2D eigenvalue weighted by atomic mass is 35.5. The number of ether oxygens (including phenoxy) is 1. The lowest BCUT2D eigenvalue weighted by Crippen LogP contribution is -2.28. The van der Waals surface area contributed by atoms with Crippen LogP contribution in [0.25, 0.3) is 0 Å². The highest BCUT2D eigenvalue weighted by molar-refractivity contribution is 5.85. The van der Waals surface area contributed by atoms with Gasteiger partial charge in [0.2, 0.25) is 0 Å². The Morgan fingerprint density at radius 2 is 2.00 bits per heavy atom. The van der Waals surface area contributed by atoms with Crippen LogP contribution in [0.15, 0.2) is 30.3 Å². The summed E-state index contributed by atoms with van der Waals surface area (Å²) in [6, 6.07) is 9.28. The summed E-state index contributed by atoms with van der Waals surface area (Å²) in [6.07, 6.45) is 0. The average Bonchev–Trinajstić information content (AvgIpc) is 2.19. The van der Waals surface area contributed by atoms with Crippen molar-refractivity contribution >= 4 is 24.1 Å². The van der Waals surface area contributed by atoms with Crippen molar-refractivity contribution in [1.82, 2.24) is 0 Å². The average molecular weight is 230 g/mol. The van der Waals surface area contributed by atoms with Gasteiger partial charge < -0.3 is 10.1 Å². The highest BCUT2D eigenvalue weighted by Crippen LogP contribution is 2.07. The molecule has 0 fully saturated rings. The minimum atomic E-state index is -0.308. The number of para-hydroxylation sites is 1. The number of carbonyl (C=O) groups excluding carboxylic acids is 1. The van der Waals surface area contributed by atoms with E-state index in [-0.39, 0.29) is 24.4 Å². The molecule has 0 bridgehead atoms. The number of esters is 1. The molecule has 4 heteroatoms. The predicted molar refractivity (Wildman–Crippen MR) is 63.4 cm³/mol. The summed E-state index contributed by atoms with van der Waals surface area (Å²) < 4.78 is 4.87. The van der Waals surface area contributed by atoms with Crippen molar-refractivity contribution in [2.24, 2.45) is 0 Å².